The molecule has 0 atom stereocenters. The van der Waals surface area contributed by atoms with Gasteiger partial charge in [-0.2, -0.15) is 0 Å². The summed E-state index contributed by atoms with van der Waals surface area (Å²) in [6, 6.07) is 9.07. The van der Waals surface area contributed by atoms with E-state index < -0.39 is 5.97 Å². The molecule has 0 unspecified atom stereocenters. The Bertz CT molecular complexity index is 854. The molecule has 0 bridgehead atoms. The lowest BCUT2D eigenvalue weighted by molar-refractivity contribution is 0.0603. The quantitative estimate of drug-likeness (QED) is 0.692. The second-order valence-electron chi connectivity index (χ2n) is 4.73. The van der Waals surface area contributed by atoms with Gasteiger partial charge in [0.1, 0.15) is 5.75 Å². The minimum atomic E-state index is -0.456. The smallest absolute Gasteiger partial charge is 0.338 e. The van der Waals surface area contributed by atoms with Crippen LogP contribution in [-0.4, -0.2) is 30.3 Å². The van der Waals surface area contributed by atoms with Crippen LogP contribution in [0.5, 0.6) is 5.75 Å². The van der Waals surface area contributed by atoms with Crippen LogP contribution in [0.2, 0.25) is 0 Å². The zero-order chi connectivity index (χ0) is 15.7. The fraction of sp³-hybridized carbons (Fsp3) is 0.188. The minimum Gasteiger partial charge on any atom is -0.497 e. The van der Waals surface area contributed by atoms with Crippen LogP contribution < -0.4 is 4.74 Å². The summed E-state index contributed by atoms with van der Waals surface area (Å²) in [5, 5.41) is 4.44. The summed E-state index contributed by atoms with van der Waals surface area (Å²) in [5.41, 5.74) is 2.67. The van der Waals surface area contributed by atoms with Crippen LogP contribution in [0.15, 0.2) is 34.9 Å². The largest absolute Gasteiger partial charge is 0.497 e. The van der Waals surface area contributed by atoms with E-state index in [-0.39, 0.29) is 0 Å². The van der Waals surface area contributed by atoms with E-state index in [1.807, 2.05) is 24.3 Å². The van der Waals surface area contributed by atoms with Gasteiger partial charge in [-0.25, -0.2) is 9.78 Å². The number of aromatic nitrogens is 2. The number of carbonyl (C=O) groups excluding carboxylic acids is 1. The predicted octanol–water partition coefficient (Wildman–Crippen LogP) is 2.99. The van der Waals surface area contributed by atoms with E-state index >= 15 is 0 Å². The van der Waals surface area contributed by atoms with Gasteiger partial charge in [-0.3, -0.25) is 0 Å². The molecule has 6 heteroatoms. The summed E-state index contributed by atoms with van der Waals surface area (Å²) in [6.07, 6.45) is 0. The zero-order valence-corrected chi connectivity index (χ0v) is 12.4. The van der Waals surface area contributed by atoms with Crippen molar-refractivity contribution in [2.45, 2.75) is 6.92 Å². The molecule has 0 amide bonds. The Morgan fingerprint density at radius 3 is 2.77 bits per heavy atom. The number of benzene rings is 1. The molecule has 0 N–H and O–H groups in total. The summed E-state index contributed by atoms with van der Waals surface area (Å²) in [5.74, 6) is 0.246. The van der Waals surface area contributed by atoms with Crippen molar-refractivity contribution in [2.24, 2.45) is 0 Å². The number of pyridine rings is 1. The molecule has 0 spiro atoms. The molecule has 112 valence electrons. The second kappa shape index (κ2) is 5.48. The van der Waals surface area contributed by atoms with Gasteiger partial charge in [0.25, 0.3) is 5.71 Å². The Morgan fingerprint density at radius 1 is 1.23 bits per heavy atom. The van der Waals surface area contributed by atoms with Crippen molar-refractivity contribution >= 4 is 17.1 Å². The number of fused-ring (bicyclic) bond motifs is 1. The van der Waals surface area contributed by atoms with Crippen molar-refractivity contribution in [3.63, 3.8) is 0 Å². The molecule has 0 fully saturated rings. The molecule has 6 nitrogen and oxygen atoms in total. The summed E-state index contributed by atoms with van der Waals surface area (Å²) in [7, 11) is 2.93. The third kappa shape index (κ3) is 2.28. The maximum atomic E-state index is 12.0. The van der Waals surface area contributed by atoms with Gasteiger partial charge in [-0.15, -0.1) is 0 Å². The summed E-state index contributed by atoms with van der Waals surface area (Å²) in [4.78, 5) is 16.5. The third-order valence-electron chi connectivity index (χ3n) is 3.39. The first-order valence-electron chi connectivity index (χ1n) is 6.64. The predicted molar refractivity (Wildman–Crippen MR) is 79.9 cm³/mol. The lowest BCUT2D eigenvalue weighted by Gasteiger charge is -2.06. The molecule has 0 aliphatic carbocycles. The van der Waals surface area contributed by atoms with Crippen LogP contribution in [-0.2, 0) is 4.74 Å². The van der Waals surface area contributed by atoms with Crippen LogP contribution in [0, 0.1) is 6.92 Å². The van der Waals surface area contributed by atoms with Crippen molar-refractivity contribution in [3.8, 4) is 17.0 Å². The van der Waals surface area contributed by atoms with Gasteiger partial charge in [0.2, 0.25) is 0 Å². The van der Waals surface area contributed by atoms with E-state index in [1.54, 1.807) is 20.1 Å². The molecule has 0 aliphatic heterocycles. The lowest BCUT2D eigenvalue weighted by Crippen LogP contribution is -2.03. The van der Waals surface area contributed by atoms with Gasteiger partial charge >= 0.3 is 5.97 Å². The number of aryl methyl sites for hydroxylation is 1. The highest BCUT2D eigenvalue weighted by molar-refractivity contribution is 6.04. The average molecular weight is 298 g/mol. The van der Waals surface area contributed by atoms with Crippen molar-refractivity contribution in [1.29, 1.82) is 0 Å². The first-order valence-corrected chi connectivity index (χ1v) is 6.64. The lowest BCUT2D eigenvalue weighted by atomic mass is 10.1. The Balaban J connectivity index is 2.24. The van der Waals surface area contributed by atoms with Crippen LogP contribution >= 0.6 is 0 Å². The van der Waals surface area contributed by atoms with Crippen molar-refractivity contribution < 1.29 is 18.8 Å². The van der Waals surface area contributed by atoms with Gasteiger partial charge in [-0.1, -0.05) is 17.3 Å². The maximum absolute atomic E-state index is 12.0. The van der Waals surface area contributed by atoms with Gasteiger partial charge in [0, 0.05) is 5.56 Å². The number of ether oxygens (including phenoxy) is 2. The molecular weight excluding hydrogens is 284 g/mol. The number of nitrogens with zero attached hydrogens (tertiary/aromatic N) is 2. The van der Waals surface area contributed by atoms with Crippen molar-refractivity contribution in [1.82, 2.24) is 10.1 Å². The first kappa shape index (κ1) is 14.1. The first-order chi connectivity index (χ1) is 10.6. The molecule has 0 radical (unpaired) electrons. The summed E-state index contributed by atoms with van der Waals surface area (Å²) in [6.45, 7) is 1.76. The maximum Gasteiger partial charge on any atom is 0.338 e. The minimum absolute atomic E-state index is 0.304. The van der Waals surface area contributed by atoms with Crippen LogP contribution in [0.1, 0.15) is 16.1 Å². The molecule has 22 heavy (non-hydrogen) atoms. The highest BCUT2D eigenvalue weighted by Crippen LogP contribution is 2.29. The molecular formula is C16H14N2O4. The molecule has 0 saturated carbocycles. The Hall–Kier alpha value is -2.89. The van der Waals surface area contributed by atoms with E-state index in [9.17, 15) is 4.79 Å². The number of methoxy groups -OCH3 is 2. The highest BCUT2D eigenvalue weighted by atomic mass is 16.5. The summed E-state index contributed by atoms with van der Waals surface area (Å²) < 4.78 is 15.3. The van der Waals surface area contributed by atoms with Gasteiger partial charge in [-0.05, 0) is 25.1 Å². The van der Waals surface area contributed by atoms with Crippen molar-refractivity contribution in [3.05, 3.63) is 41.6 Å². The number of rotatable bonds is 3. The van der Waals surface area contributed by atoms with Crippen LogP contribution in [0.4, 0.5) is 0 Å². The highest BCUT2D eigenvalue weighted by Gasteiger charge is 2.19. The van der Waals surface area contributed by atoms with E-state index in [2.05, 4.69) is 10.1 Å². The molecule has 1 aromatic carbocycles. The Kier molecular flexibility index (Phi) is 3.50. The number of hydrogen-bond donors (Lipinski definition) is 0. The average Bonchev–Trinajstić information content (AvgIpc) is 2.94. The van der Waals surface area contributed by atoms with E-state index in [0.29, 0.717) is 33.8 Å². The zero-order valence-electron chi connectivity index (χ0n) is 12.4. The second-order valence-corrected chi connectivity index (χ2v) is 4.73. The number of hydrogen-bond acceptors (Lipinski definition) is 6. The summed E-state index contributed by atoms with van der Waals surface area (Å²) >= 11 is 0. The number of esters is 1. The molecule has 3 rings (SSSR count). The molecule has 0 saturated heterocycles. The topological polar surface area (TPSA) is 74.5 Å². The third-order valence-corrected chi connectivity index (χ3v) is 3.39. The van der Waals surface area contributed by atoms with Gasteiger partial charge in [0.15, 0.2) is 0 Å². The molecule has 2 aromatic heterocycles. The van der Waals surface area contributed by atoms with E-state index in [0.717, 1.165) is 5.56 Å². The van der Waals surface area contributed by atoms with Crippen LogP contribution in [0.25, 0.3) is 22.4 Å². The number of carbonyl (C=O) groups is 1. The van der Waals surface area contributed by atoms with E-state index in [4.69, 9.17) is 14.0 Å². The van der Waals surface area contributed by atoms with Gasteiger partial charge in [0.05, 0.1) is 36.6 Å². The Morgan fingerprint density at radius 2 is 2.05 bits per heavy atom. The van der Waals surface area contributed by atoms with Gasteiger partial charge < -0.3 is 14.0 Å². The van der Waals surface area contributed by atoms with Crippen LogP contribution in [0.3, 0.4) is 0 Å². The molecule has 3 aromatic rings. The van der Waals surface area contributed by atoms with E-state index in [1.165, 1.54) is 7.11 Å². The fourth-order valence-electron chi connectivity index (χ4n) is 2.30. The fourth-order valence-corrected chi connectivity index (χ4v) is 2.30. The Labute approximate surface area is 126 Å². The molecule has 0 aliphatic rings. The normalized spacial score (nSPS) is 10.7. The van der Waals surface area contributed by atoms with Crippen molar-refractivity contribution in [2.75, 3.05) is 14.2 Å². The monoisotopic (exact) mass is 298 g/mol. The molecule has 2 heterocycles. The standard InChI is InChI=1S/C16H14N2O4/c1-9-14-12(16(19)21-3)8-13(17-15(14)22-18-9)10-5-4-6-11(7-10)20-2/h4-8H,1-3H3. The SMILES string of the molecule is COC(=O)c1cc(-c2cccc(OC)c2)nc2onc(C)c12.